The minimum absolute atomic E-state index is 0. The van der Waals surface area contributed by atoms with E-state index in [0.29, 0.717) is 34.9 Å². The number of esters is 1. The number of amides is 1. The second-order valence-electron chi connectivity index (χ2n) is 6.50. The lowest BCUT2D eigenvalue weighted by atomic mass is 10.1. The highest BCUT2D eigenvalue weighted by molar-refractivity contribution is 6.06. The van der Waals surface area contributed by atoms with Crippen LogP contribution in [0.2, 0.25) is 0 Å². The smallest absolute Gasteiger partial charge is 0.337 e. The zero-order chi connectivity index (χ0) is 20.8. The third kappa shape index (κ3) is 5.52. The summed E-state index contributed by atoms with van der Waals surface area (Å²) in [6.45, 7) is 2.19. The molecule has 0 aliphatic heterocycles. The first-order chi connectivity index (χ1) is 14.0. The van der Waals surface area contributed by atoms with Crippen LogP contribution < -0.4 is 15.8 Å². The van der Waals surface area contributed by atoms with Crippen molar-refractivity contribution in [1.29, 1.82) is 0 Å². The van der Waals surface area contributed by atoms with E-state index >= 15 is 0 Å². The molecule has 0 fully saturated rings. The number of ether oxygens (including phenoxy) is 2. The Morgan fingerprint density at radius 1 is 0.967 bits per heavy atom. The van der Waals surface area contributed by atoms with Crippen LogP contribution in [0.1, 0.15) is 31.8 Å². The van der Waals surface area contributed by atoms with Crippen molar-refractivity contribution in [3.63, 3.8) is 0 Å². The van der Waals surface area contributed by atoms with Gasteiger partial charge in [-0.3, -0.25) is 4.79 Å². The number of benzene rings is 3. The van der Waals surface area contributed by atoms with Gasteiger partial charge in [-0.15, -0.1) is 12.4 Å². The first-order valence-electron chi connectivity index (χ1n) is 9.04. The number of hydrogen-bond donors (Lipinski definition) is 2. The lowest BCUT2D eigenvalue weighted by molar-refractivity contribution is 0.0600. The van der Waals surface area contributed by atoms with E-state index in [4.69, 9.17) is 15.2 Å². The summed E-state index contributed by atoms with van der Waals surface area (Å²) in [7, 11) is 1.30. The van der Waals surface area contributed by atoms with Crippen molar-refractivity contribution in [2.75, 3.05) is 18.2 Å². The molecule has 6 nitrogen and oxygen atoms in total. The van der Waals surface area contributed by atoms with Crippen LogP contribution in [0, 0.1) is 6.92 Å². The average molecular weight is 427 g/mol. The van der Waals surface area contributed by atoms with E-state index < -0.39 is 5.97 Å². The Balaban J connectivity index is 0.00000320. The molecule has 0 heterocycles. The van der Waals surface area contributed by atoms with Crippen molar-refractivity contribution < 1.29 is 19.1 Å². The van der Waals surface area contributed by atoms with Crippen molar-refractivity contribution in [1.82, 2.24) is 0 Å². The molecule has 0 saturated heterocycles. The predicted molar refractivity (Wildman–Crippen MR) is 119 cm³/mol. The van der Waals surface area contributed by atoms with Crippen molar-refractivity contribution >= 4 is 35.7 Å². The van der Waals surface area contributed by atoms with Gasteiger partial charge in [-0.1, -0.05) is 36.4 Å². The van der Waals surface area contributed by atoms with E-state index in [1.807, 2.05) is 37.3 Å². The number of nitrogens with one attached hydrogen (secondary N) is 1. The summed E-state index contributed by atoms with van der Waals surface area (Å²) in [5.74, 6) is -0.423. The molecule has 3 aromatic carbocycles. The number of nitrogen functional groups attached to an aromatic ring is 1. The number of carbonyl (C=O) groups excluding carboxylic acids is 2. The molecule has 0 radical (unpaired) electrons. The molecule has 0 saturated carbocycles. The molecule has 156 valence electrons. The van der Waals surface area contributed by atoms with Gasteiger partial charge in [0.1, 0.15) is 12.4 Å². The highest BCUT2D eigenvalue weighted by atomic mass is 35.5. The summed E-state index contributed by atoms with van der Waals surface area (Å²) in [6, 6.07) is 19.5. The number of halogens is 1. The average Bonchev–Trinajstić information content (AvgIpc) is 2.74. The van der Waals surface area contributed by atoms with Crippen LogP contribution in [0.15, 0.2) is 66.7 Å². The van der Waals surface area contributed by atoms with Crippen LogP contribution in [0.25, 0.3) is 0 Å². The van der Waals surface area contributed by atoms with Crippen LogP contribution in [0.4, 0.5) is 11.4 Å². The molecule has 7 heteroatoms. The Labute approximate surface area is 181 Å². The number of methoxy groups -OCH3 is 1. The van der Waals surface area contributed by atoms with Crippen molar-refractivity contribution in [3.05, 3.63) is 89.0 Å². The molecule has 0 atom stereocenters. The lowest BCUT2D eigenvalue weighted by Crippen LogP contribution is -2.14. The van der Waals surface area contributed by atoms with E-state index in [0.717, 1.165) is 11.1 Å². The van der Waals surface area contributed by atoms with E-state index in [2.05, 4.69) is 5.32 Å². The molecule has 0 bridgehead atoms. The monoisotopic (exact) mass is 426 g/mol. The highest BCUT2D eigenvalue weighted by Crippen LogP contribution is 2.28. The number of anilines is 2. The fraction of sp³-hybridized carbons (Fsp3) is 0.130. The van der Waals surface area contributed by atoms with Gasteiger partial charge in [-0.2, -0.15) is 0 Å². The number of hydrogen-bond acceptors (Lipinski definition) is 5. The Kier molecular flexibility index (Phi) is 7.83. The van der Waals surface area contributed by atoms with Crippen molar-refractivity contribution in [2.24, 2.45) is 0 Å². The highest BCUT2D eigenvalue weighted by Gasteiger charge is 2.15. The first kappa shape index (κ1) is 22.8. The minimum Gasteiger partial charge on any atom is -0.487 e. The zero-order valence-electron chi connectivity index (χ0n) is 16.7. The molecule has 3 aromatic rings. The predicted octanol–water partition coefficient (Wildman–Crippen LogP) is 4.62. The summed E-state index contributed by atoms with van der Waals surface area (Å²) in [6.07, 6.45) is 0. The molecule has 30 heavy (non-hydrogen) atoms. The topological polar surface area (TPSA) is 90.6 Å². The van der Waals surface area contributed by atoms with Gasteiger partial charge >= 0.3 is 5.97 Å². The molecular weight excluding hydrogens is 404 g/mol. The van der Waals surface area contributed by atoms with Crippen LogP contribution in [-0.4, -0.2) is 19.0 Å². The third-order valence-electron chi connectivity index (χ3n) is 4.43. The van der Waals surface area contributed by atoms with Crippen molar-refractivity contribution in [2.45, 2.75) is 13.5 Å². The largest absolute Gasteiger partial charge is 0.487 e. The molecule has 0 aromatic heterocycles. The second-order valence-corrected chi connectivity index (χ2v) is 6.50. The van der Waals surface area contributed by atoms with Gasteiger partial charge in [-0.25, -0.2) is 4.79 Å². The van der Waals surface area contributed by atoms with Gasteiger partial charge in [0.05, 0.1) is 18.4 Å². The molecule has 0 unspecified atom stereocenters. The third-order valence-corrected chi connectivity index (χ3v) is 4.43. The quantitative estimate of drug-likeness (QED) is 0.443. The van der Waals surface area contributed by atoms with Gasteiger partial charge in [0.25, 0.3) is 5.91 Å². The second kappa shape index (κ2) is 10.3. The maximum absolute atomic E-state index is 12.7. The van der Waals surface area contributed by atoms with Gasteiger partial charge in [0, 0.05) is 11.3 Å². The Morgan fingerprint density at radius 3 is 2.33 bits per heavy atom. The van der Waals surface area contributed by atoms with E-state index in [1.54, 1.807) is 30.3 Å². The zero-order valence-corrected chi connectivity index (χ0v) is 17.5. The van der Waals surface area contributed by atoms with E-state index in [1.165, 1.54) is 13.2 Å². The Hall–Kier alpha value is -3.51. The van der Waals surface area contributed by atoms with Crippen LogP contribution >= 0.6 is 12.4 Å². The molecule has 0 spiro atoms. The van der Waals surface area contributed by atoms with Crippen LogP contribution in [-0.2, 0) is 11.3 Å². The number of rotatable bonds is 6. The summed E-state index contributed by atoms with van der Waals surface area (Å²) in [5.41, 5.74) is 9.39. The maximum atomic E-state index is 12.7. The normalized spacial score (nSPS) is 9.93. The standard InChI is InChI=1S/C23H22N2O4.ClH/c1-15-8-9-17(12-19(15)24)22(26)25-20-13-18(23(27)28-2)10-11-21(20)29-14-16-6-4-3-5-7-16;/h3-13H,14,24H2,1-2H3,(H,25,26);1H. The molecule has 3 N–H and O–H groups in total. The number of aryl methyl sites for hydroxylation is 1. The summed E-state index contributed by atoms with van der Waals surface area (Å²) in [5, 5.41) is 2.80. The molecular formula is C23H23ClN2O4. The van der Waals surface area contributed by atoms with Gasteiger partial charge in [0.2, 0.25) is 0 Å². The summed E-state index contributed by atoms with van der Waals surface area (Å²) in [4.78, 5) is 24.6. The van der Waals surface area contributed by atoms with Gasteiger partial charge in [0.15, 0.2) is 0 Å². The Morgan fingerprint density at radius 2 is 1.67 bits per heavy atom. The SMILES string of the molecule is COC(=O)c1ccc(OCc2ccccc2)c(NC(=O)c2ccc(C)c(N)c2)c1.Cl. The number of nitrogens with two attached hydrogens (primary N) is 1. The minimum atomic E-state index is -0.505. The van der Waals surface area contributed by atoms with E-state index in [9.17, 15) is 9.59 Å². The molecule has 1 amide bonds. The molecule has 3 rings (SSSR count). The molecule has 0 aliphatic carbocycles. The fourth-order valence-corrected chi connectivity index (χ4v) is 2.71. The first-order valence-corrected chi connectivity index (χ1v) is 9.04. The maximum Gasteiger partial charge on any atom is 0.337 e. The number of carbonyl (C=O) groups is 2. The van der Waals surface area contributed by atoms with Crippen molar-refractivity contribution in [3.8, 4) is 5.75 Å². The summed E-state index contributed by atoms with van der Waals surface area (Å²) >= 11 is 0. The lowest BCUT2D eigenvalue weighted by Gasteiger charge is -2.14. The van der Waals surface area contributed by atoms with Crippen LogP contribution in [0.5, 0.6) is 5.75 Å². The molecule has 0 aliphatic rings. The fourth-order valence-electron chi connectivity index (χ4n) is 2.71. The van der Waals surface area contributed by atoms with Gasteiger partial charge in [-0.05, 0) is 48.4 Å². The van der Waals surface area contributed by atoms with Gasteiger partial charge < -0.3 is 20.5 Å². The van der Waals surface area contributed by atoms with Crippen LogP contribution in [0.3, 0.4) is 0 Å². The summed E-state index contributed by atoms with van der Waals surface area (Å²) < 4.78 is 10.6. The van der Waals surface area contributed by atoms with E-state index in [-0.39, 0.29) is 18.3 Å². The Bertz CT molecular complexity index is 1040.